The molecule has 0 aromatic heterocycles. The van der Waals surface area contributed by atoms with E-state index in [1.165, 1.54) is 12.1 Å². The summed E-state index contributed by atoms with van der Waals surface area (Å²) in [7, 11) is 0. The normalized spacial score (nSPS) is 14.9. The number of halogens is 3. The van der Waals surface area contributed by atoms with Gasteiger partial charge in [-0.15, -0.1) is 13.2 Å². The van der Waals surface area contributed by atoms with Gasteiger partial charge in [-0.3, -0.25) is 0 Å². The highest BCUT2D eigenvalue weighted by Gasteiger charge is 2.31. The first-order valence-corrected chi connectivity index (χ1v) is 6.48. The first kappa shape index (κ1) is 16.8. The molecule has 0 bridgehead atoms. The number of hydrogen-bond donors (Lipinski definition) is 2. The van der Waals surface area contributed by atoms with E-state index in [-0.39, 0.29) is 17.9 Å². The fourth-order valence-electron chi connectivity index (χ4n) is 1.76. The summed E-state index contributed by atoms with van der Waals surface area (Å²) >= 11 is 0. The van der Waals surface area contributed by atoms with E-state index in [9.17, 15) is 13.2 Å². The average Bonchev–Trinajstić information content (AvgIpc) is 2.37. The van der Waals surface area contributed by atoms with Crippen molar-refractivity contribution in [2.24, 2.45) is 0 Å². The summed E-state index contributed by atoms with van der Waals surface area (Å²) in [6.07, 6.45) is -3.19. The zero-order valence-corrected chi connectivity index (χ0v) is 11.6. The summed E-state index contributed by atoms with van der Waals surface area (Å²) in [4.78, 5) is 0. The molecule has 6 heteroatoms. The third-order valence-corrected chi connectivity index (χ3v) is 3.32. The first-order chi connectivity index (χ1) is 9.28. The van der Waals surface area contributed by atoms with Crippen molar-refractivity contribution >= 4 is 0 Å². The highest BCUT2D eigenvalue weighted by Crippen LogP contribution is 2.23. The van der Waals surface area contributed by atoms with Crippen molar-refractivity contribution in [3.63, 3.8) is 0 Å². The highest BCUT2D eigenvalue weighted by molar-refractivity contribution is 5.27. The molecule has 0 amide bonds. The number of benzene rings is 1. The van der Waals surface area contributed by atoms with Crippen LogP contribution in [-0.4, -0.2) is 23.6 Å². The number of nitrogens with one attached hydrogen (secondary N) is 1. The van der Waals surface area contributed by atoms with Crippen LogP contribution in [0.5, 0.6) is 5.75 Å². The van der Waals surface area contributed by atoms with Gasteiger partial charge in [-0.2, -0.15) is 0 Å². The summed E-state index contributed by atoms with van der Waals surface area (Å²) < 4.78 is 39.9. The summed E-state index contributed by atoms with van der Waals surface area (Å²) in [5.41, 5.74) is 0.674. The Morgan fingerprint density at radius 1 is 1.20 bits per heavy atom. The van der Waals surface area contributed by atoms with E-state index in [0.717, 1.165) is 12.0 Å². The molecule has 1 unspecified atom stereocenters. The first-order valence-electron chi connectivity index (χ1n) is 6.48. The number of ether oxygens (including phenoxy) is 1. The molecule has 0 aliphatic rings. The molecule has 0 heterocycles. The Hall–Kier alpha value is -1.27. The molecule has 0 aliphatic heterocycles. The van der Waals surface area contributed by atoms with E-state index in [0.29, 0.717) is 13.0 Å². The minimum Gasteiger partial charge on any atom is -0.406 e. The van der Waals surface area contributed by atoms with Crippen LogP contribution in [0.25, 0.3) is 0 Å². The van der Waals surface area contributed by atoms with Gasteiger partial charge in [-0.1, -0.05) is 19.1 Å². The Morgan fingerprint density at radius 3 is 2.25 bits per heavy atom. The van der Waals surface area contributed by atoms with Crippen LogP contribution in [0.15, 0.2) is 24.3 Å². The Bertz CT molecular complexity index is 406. The molecule has 0 saturated heterocycles. The van der Waals surface area contributed by atoms with Gasteiger partial charge in [0.2, 0.25) is 0 Å². The van der Waals surface area contributed by atoms with Crippen molar-refractivity contribution in [3.8, 4) is 5.75 Å². The average molecular weight is 291 g/mol. The van der Waals surface area contributed by atoms with Gasteiger partial charge in [-0.05, 0) is 37.5 Å². The van der Waals surface area contributed by atoms with Crippen molar-refractivity contribution in [1.29, 1.82) is 0 Å². The molecule has 0 radical (unpaired) electrons. The number of alkyl halides is 3. The molecule has 1 aromatic carbocycles. The number of aliphatic hydroxyl groups excluding tert-OH is 1. The van der Waals surface area contributed by atoms with Crippen LogP contribution in [-0.2, 0) is 6.54 Å². The third-order valence-electron chi connectivity index (χ3n) is 3.32. The summed E-state index contributed by atoms with van der Waals surface area (Å²) in [5.74, 6) is -0.227. The maximum absolute atomic E-state index is 12.0. The molecular formula is C14H20F3NO2. The molecule has 3 nitrogen and oxygen atoms in total. The predicted molar refractivity (Wildman–Crippen MR) is 70.4 cm³/mol. The van der Waals surface area contributed by atoms with Crippen LogP contribution < -0.4 is 10.1 Å². The van der Waals surface area contributed by atoms with Crippen LogP contribution in [0.3, 0.4) is 0 Å². The van der Waals surface area contributed by atoms with E-state index in [2.05, 4.69) is 10.1 Å². The Balaban J connectivity index is 2.57. The lowest BCUT2D eigenvalue weighted by atomic mass is 9.94. The van der Waals surface area contributed by atoms with Crippen LogP contribution in [0.2, 0.25) is 0 Å². The van der Waals surface area contributed by atoms with Crippen molar-refractivity contribution < 1.29 is 23.0 Å². The highest BCUT2D eigenvalue weighted by atomic mass is 19.4. The van der Waals surface area contributed by atoms with E-state index in [1.807, 2.05) is 13.8 Å². The molecule has 2 N–H and O–H groups in total. The van der Waals surface area contributed by atoms with Gasteiger partial charge in [0.1, 0.15) is 5.75 Å². The summed E-state index contributed by atoms with van der Waals surface area (Å²) in [6, 6.07) is 5.76. The Labute approximate surface area is 116 Å². The largest absolute Gasteiger partial charge is 0.573 e. The maximum atomic E-state index is 12.0. The minimum atomic E-state index is -4.67. The van der Waals surface area contributed by atoms with Gasteiger partial charge >= 0.3 is 6.36 Å². The van der Waals surface area contributed by atoms with Crippen LogP contribution in [0, 0.1) is 0 Å². The Kier molecular flexibility index (Phi) is 5.83. The van der Waals surface area contributed by atoms with Crippen LogP contribution in [0.1, 0.15) is 32.3 Å². The number of rotatable bonds is 7. The standard InChI is InChI=1S/C14H20F3NO2/c1-3-13(2,8-9-19)18-10-11-4-6-12(7-5-11)20-14(15,16)17/h4-7,18-19H,3,8-10H2,1-2H3. The Morgan fingerprint density at radius 2 is 1.80 bits per heavy atom. The fraction of sp³-hybridized carbons (Fsp3) is 0.571. The van der Waals surface area contributed by atoms with Gasteiger partial charge in [0.05, 0.1) is 0 Å². The maximum Gasteiger partial charge on any atom is 0.573 e. The van der Waals surface area contributed by atoms with Crippen LogP contribution >= 0.6 is 0 Å². The molecule has 20 heavy (non-hydrogen) atoms. The minimum absolute atomic E-state index is 0.0930. The molecule has 0 saturated carbocycles. The molecule has 0 aliphatic carbocycles. The number of aliphatic hydroxyl groups is 1. The monoisotopic (exact) mass is 291 g/mol. The fourth-order valence-corrected chi connectivity index (χ4v) is 1.76. The van der Waals surface area contributed by atoms with E-state index >= 15 is 0 Å². The van der Waals surface area contributed by atoms with Gasteiger partial charge < -0.3 is 15.2 Å². The number of hydrogen-bond acceptors (Lipinski definition) is 3. The second-order valence-electron chi connectivity index (χ2n) is 4.93. The molecule has 0 fully saturated rings. The lowest BCUT2D eigenvalue weighted by Crippen LogP contribution is -2.42. The van der Waals surface area contributed by atoms with E-state index in [1.54, 1.807) is 12.1 Å². The lowest BCUT2D eigenvalue weighted by Gasteiger charge is -2.29. The van der Waals surface area contributed by atoms with E-state index in [4.69, 9.17) is 5.11 Å². The van der Waals surface area contributed by atoms with E-state index < -0.39 is 6.36 Å². The predicted octanol–water partition coefficient (Wildman–Crippen LogP) is 3.23. The SMILES string of the molecule is CCC(C)(CCO)NCc1ccc(OC(F)(F)F)cc1. The summed E-state index contributed by atoms with van der Waals surface area (Å²) in [5, 5.41) is 12.3. The topological polar surface area (TPSA) is 41.5 Å². The van der Waals surface area contributed by atoms with Crippen molar-refractivity contribution in [2.75, 3.05) is 6.61 Å². The van der Waals surface area contributed by atoms with Gasteiger partial charge in [0.25, 0.3) is 0 Å². The second kappa shape index (κ2) is 6.95. The van der Waals surface area contributed by atoms with Gasteiger partial charge in [-0.25, -0.2) is 0 Å². The van der Waals surface area contributed by atoms with Gasteiger partial charge in [0, 0.05) is 18.7 Å². The molecule has 0 spiro atoms. The van der Waals surface area contributed by atoms with Gasteiger partial charge in [0.15, 0.2) is 0 Å². The molecular weight excluding hydrogens is 271 g/mol. The molecule has 1 aromatic rings. The lowest BCUT2D eigenvalue weighted by molar-refractivity contribution is -0.274. The van der Waals surface area contributed by atoms with Crippen molar-refractivity contribution in [1.82, 2.24) is 5.32 Å². The summed E-state index contributed by atoms with van der Waals surface area (Å²) in [6.45, 7) is 4.64. The molecule has 1 atom stereocenters. The zero-order chi connectivity index (χ0) is 15.2. The van der Waals surface area contributed by atoms with Crippen molar-refractivity contribution in [3.05, 3.63) is 29.8 Å². The second-order valence-corrected chi connectivity index (χ2v) is 4.93. The van der Waals surface area contributed by atoms with Crippen LogP contribution in [0.4, 0.5) is 13.2 Å². The smallest absolute Gasteiger partial charge is 0.406 e. The quantitative estimate of drug-likeness (QED) is 0.810. The molecule has 114 valence electrons. The third kappa shape index (κ3) is 5.79. The zero-order valence-electron chi connectivity index (χ0n) is 11.6. The molecule has 1 rings (SSSR count). The van der Waals surface area contributed by atoms with Crippen molar-refractivity contribution in [2.45, 2.75) is 45.1 Å².